The largest absolute Gasteiger partial charge is 0.433 e. The number of nitrogens with one attached hydrogen (secondary N) is 1. The maximum Gasteiger partial charge on any atom is 0.433 e. The Morgan fingerprint density at radius 3 is 2.46 bits per heavy atom. The van der Waals surface area contributed by atoms with Crippen molar-refractivity contribution >= 4 is 11.8 Å². The van der Waals surface area contributed by atoms with Gasteiger partial charge in [-0.05, 0) is 44.8 Å². The summed E-state index contributed by atoms with van der Waals surface area (Å²) >= 11 is 0. The van der Waals surface area contributed by atoms with Gasteiger partial charge in [0, 0.05) is 12.1 Å². The second-order valence-electron chi connectivity index (χ2n) is 6.91. The first kappa shape index (κ1) is 17.0. The van der Waals surface area contributed by atoms with Gasteiger partial charge in [0.15, 0.2) is 5.76 Å². The highest BCUT2D eigenvalue weighted by Gasteiger charge is 2.38. The van der Waals surface area contributed by atoms with Gasteiger partial charge in [-0.3, -0.25) is 19.8 Å². The van der Waals surface area contributed by atoms with Crippen LogP contribution < -0.4 is 5.32 Å². The lowest BCUT2D eigenvalue weighted by Crippen LogP contribution is -2.58. The van der Waals surface area contributed by atoms with E-state index in [9.17, 15) is 14.9 Å². The van der Waals surface area contributed by atoms with Crippen LogP contribution in [0.3, 0.4) is 0 Å². The summed E-state index contributed by atoms with van der Waals surface area (Å²) in [5.41, 5.74) is 0.0346. The van der Waals surface area contributed by atoms with E-state index in [1.54, 1.807) is 0 Å². The molecule has 0 radical (unpaired) electrons. The van der Waals surface area contributed by atoms with Gasteiger partial charge in [0.25, 0.3) is 5.91 Å². The Hall–Kier alpha value is -1.89. The van der Waals surface area contributed by atoms with Gasteiger partial charge in [-0.2, -0.15) is 0 Å². The Balaban J connectivity index is 1.66. The molecule has 1 amide bonds. The van der Waals surface area contributed by atoms with Crippen molar-refractivity contribution in [3.05, 3.63) is 28.0 Å². The summed E-state index contributed by atoms with van der Waals surface area (Å²) < 4.78 is 5.00. The third-order valence-electron chi connectivity index (χ3n) is 5.38. The van der Waals surface area contributed by atoms with Crippen molar-refractivity contribution in [2.24, 2.45) is 0 Å². The lowest BCUT2D eigenvalue weighted by Gasteiger charge is -2.48. The highest BCUT2D eigenvalue weighted by Crippen LogP contribution is 2.35. The van der Waals surface area contributed by atoms with Crippen molar-refractivity contribution < 1.29 is 14.1 Å². The number of hydrogen-bond acceptors (Lipinski definition) is 5. The molecule has 0 atom stereocenters. The molecule has 1 saturated carbocycles. The highest BCUT2D eigenvalue weighted by molar-refractivity contribution is 5.91. The average molecular weight is 335 g/mol. The van der Waals surface area contributed by atoms with E-state index in [1.165, 1.54) is 50.7 Å². The third-order valence-corrected chi connectivity index (χ3v) is 5.38. The van der Waals surface area contributed by atoms with Crippen molar-refractivity contribution in [1.29, 1.82) is 0 Å². The van der Waals surface area contributed by atoms with E-state index in [1.807, 2.05) is 0 Å². The van der Waals surface area contributed by atoms with Crippen molar-refractivity contribution in [3.8, 4) is 0 Å². The van der Waals surface area contributed by atoms with Crippen molar-refractivity contribution in [1.82, 2.24) is 10.2 Å². The number of rotatable bonds is 5. The minimum Gasteiger partial charge on any atom is -0.395 e. The molecule has 0 bridgehead atoms. The van der Waals surface area contributed by atoms with E-state index in [0.717, 1.165) is 25.9 Å². The number of hydrogen-bond donors (Lipinski definition) is 1. The van der Waals surface area contributed by atoms with Gasteiger partial charge in [0.2, 0.25) is 0 Å². The molecule has 7 nitrogen and oxygen atoms in total. The highest BCUT2D eigenvalue weighted by atomic mass is 16.6. The van der Waals surface area contributed by atoms with E-state index < -0.39 is 10.8 Å². The van der Waals surface area contributed by atoms with Gasteiger partial charge in [0.1, 0.15) is 4.92 Å². The summed E-state index contributed by atoms with van der Waals surface area (Å²) in [6, 6.07) is 2.58. The molecule has 2 heterocycles. The number of carbonyl (C=O) groups excluding carboxylic acids is 1. The Kier molecular flexibility index (Phi) is 5.18. The first-order chi connectivity index (χ1) is 11.6. The molecule has 2 aliphatic rings. The molecular weight excluding hydrogens is 310 g/mol. The van der Waals surface area contributed by atoms with Crippen LogP contribution in [0.2, 0.25) is 0 Å². The molecule has 1 aromatic heterocycles. The molecule has 1 saturated heterocycles. The summed E-state index contributed by atoms with van der Waals surface area (Å²) in [4.78, 5) is 24.9. The predicted octanol–water partition coefficient (Wildman–Crippen LogP) is 3.11. The number of nitrogens with zero attached hydrogens (tertiary/aromatic N) is 2. The van der Waals surface area contributed by atoms with Crippen LogP contribution in [0, 0.1) is 10.1 Å². The zero-order chi connectivity index (χ0) is 17.0. The number of likely N-dealkylation sites (tertiary alicyclic amines) is 1. The van der Waals surface area contributed by atoms with Crippen molar-refractivity contribution in [2.45, 2.75) is 56.9 Å². The van der Waals surface area contributed by atoms with Crippen LogP contribution in [0.4, 0.5) is 5.88 Å². The second-order valence-corrected chi connectivity index (χ2v) is 6.91. The third kappa shape index (κ3) is 3.61. The predicted molar refractivity (Wildman–Crippen MR) is 88.9 cm³/mol. The first-order valence-electron chi connectivity index (χ1n) is 8.88. The van der Waals surface area contributed by atoms with E-state index in [2.05, 4.69) is 10.2 Å². The summed E-state index contributed by atoms with van der Waals surface area (Å²) in [6.07, 6.45) is 9.58. The number of carbonyl (C=O) groups is 1. The van der Waals surface area contributed by atoms with Crippen LogP contribution in [0.15, 0.2) is 16.5 Å². The van der Waals surface area contributed by atoms with Gasteiger partial charge in [-0.15, -0.1) is 0 Å². The molecule has 24 heavy (non-hydrogen) atoms. The Labute approximate surface area is 141 Å². The number of nitro groups is 1. The molecule has 0 aromatic carbocycles. The maximum absolute atomic E-state index is 12.3. The van der Waals surface area contributed by atoms with E-state index in [-0.39, 0.29) is 17.2 Å². The molecule has 7 heteroatoms. The molecular formula is C17H25N3O4. The summed E-state index contributed by atoms with van der Waals surface area (Å²) in [7, 11) is 0. The van der Waals surface area contributed by atoms with Crippen LogP contribution in [-0.4, -0.2) is 40.9 Å². The standard InChI is InChI=1S/C17H25N3O4/c21-16(14-7-8-15(24-14)20(22)23)18-13-17(9-3-1-4-10-17)19-11-5-2-6-12-19/h7-8H,1-6,9-13H2,(H,18,21). The molecule has 1 aromatic rings. The topological polar surface area (TPSA) is 88.6 Å². The fourth-order valence-electron chi connectivity index (χ4n) is 4.06. The summed E-state index contributed by atoms with van der Waals surface area (Å²) in [6.45, 7) is 2.78. The van der Waals surface area contributed by atoms with Crippen LogP contribution >= 0.6 is 0 Å². The lowest BCUT2D eigenvalue weighted by atomic mass is 9.79. The van der Waals surface area contributed by atoms with Crippen molar-refractivity contribution in [3.63, 3.8) is 0 Å². The smallest absolute Gasteiger partial charge is 0.395 e. The molecule has 2 fully saturated rings. The number of furan rings is 1. The van der Waals surface area contributed by atoms with E-state index >= 15 is 0 Å². The maximum atomic E-state index is 12.3. The zero-order valence-electron chi connectivity index (χ0n) is 14.0. The Morgan fingerprint density at radius 2 is 1.83 bits per heavy atom. The quantitative estimate of drug-likeness (QED) is 0.660. The number of piperidine rings is 1. The minimum absolute atomic E-state index is 0.00584. The van der Waals surface area contributed by atoms with Crippen LogP contribution in [-0.2, 0) is 0 Å². The molecule has 1 aliphatic carbocycles. The average Bonchev–Trinajstić information content (AvgIpc) is 3.12. The SMILES string of the molecule is O=C(NCC1(N2CCCCC2)CCCCC1)c1ccc([N+](=O)[O-])o1. The number of amides is 1. The van der Waals surface area contributed by atoms with Gasteiger partial charge in [0.05, 0.1) is 6.07 Å². The second kappa shape index (κ2) is 7.34. The van der Waals surface area contributed by atoms with Crippen LogP contribution in [0.25, 0.3) is 0 Å². The summed E-state index contributed by atoms with van der Waals surface area (Å²) in [5.74, 6) is -0.764. The normalized spacial score (nSPS) is 21.3. The van der Waals surface area contributed by atoms with Gasteiger partial charge in [-0.1, -0.05) is 25.7 Å². The molecule has 1 aliphatic heterocycles. The van der Waals surface area contributed by atoms with Crippen LogP contribution in [0.1, 0.15) is 61.9 Å². The zero-order valence-corrected chi connectivity index (χ0v) is 14.0. The van der Waals surface area contributed by atoms with Gasteiger partial charge < -0.3 is 9.73 Å². The van der Waals surface area contributed by atoms with Crippen molar-refractivity contribution in [2.75, 3.05) is 19.6 Å². The fraction of sp³-hybridized carbons (Fsp3) is 0.706. The van der Waals surface area contributed by atoms with E-state index in [4.69, 9.17) is 4.42 Å². The fourth-order valence-corrected chi connectivity index (χ4v) is 4.06. The Bertz CT molecular complexity index is 586. The minimum atomic E-state index is -0.632. The van der Waals surface area contributed by atoms with Crippen LogP contribution in [0.5, 0.6) is 0 Å². The summed E-state index contributed by atoms with van der Waals surface area (Å²) in [5, 5.41) is 13.6. The molecule has 3 rings (SSSR count). The lowest BCUT2D eigenvalue weighted by molar-refractivity contribution is -0.402. The van der Waals surface area contributed by atoms with Gasteiger partial charge >= 0.3 is 5.88 Å². The first-order valence-corrected chi connectivity index (χ1v) is 8.88. The molecule has 1 N–H and O–H groups in total. The monoisotopic (exact) mass is 335 g/mol. The molecule has 132 valence electrons. The van der Waals surface area contributed by atoms with E-state index in [0.29, 0.717) is 6.54 Å². The Morgan fingerprint density at radius 1 is 1.17 bits per heavy atom. The molecule has 0 spiro atoms. The molecule has 0 unspecified atom stereocenters. The van der Waals surface area contributed by atoms with Gasteiger partial charge in [-0.25, -0.2) is 0 Å².